The quantitative estimate of drug-likeness (QED) is 0.719. The number of rotatable bonds is 5. The van der Waals surface area contributed by atoms with Crippen molar-refractivity contribution in [3.05, 3.63) is 101 Å². The van der Waals surface area contributed by atoms with Crippen LogP contribution in [0, 0.1) is 19.7 Å². The second-order valence-electron chi connectivity index (χ2n) is 6.29. The van der Waals surface area contributed by atoms with Crippen LogP contribution in [0.1, 0.15) is 28.3 Å². The van der Waals surface area contributed by atoms with E-state index in [-0.39, 0.29) is 4.90 Å². The molecule has 0 amide bonds. The van der Waals surface area contributed by atoms with Gasteiger partial charge < -0.3 is 0 Å². The van der Waals surface area contributed by atoms with E-state index in [0.717, 1.165) is 22.8 Å². The van der Waals surface area contributed by atoms with Gasteiger partial charge in [0.25, 0.3) is 0 Å². The summed E-state index contributed by atoms with van der Waals surface area (Å²) in [4.78, 5) is 0.0764. The maximum Gasteiger partial charge on any atom is 0.241 e. The van der Waals surface area contributed by atoms with Crippen molar-refractivity contribution in [2.24, 2.45) is 0 Å². The average molecular weight is 369 g/mol. The van der Waals surface area contributed by atoms with Gasteiger partial charge in [-0.1, -0.05) is 60.2 Å². The third-order valence-corrected chi connectivity index (χ3v) is 5.79. The lowest BCUT2D eigenvalue weighted by Crippen LogP contribution is -2.30. The summed E-state index contributed by atoms with van der Waals surface area (Å²) in [5.74, 6) is -0.459. The third-order valence-electron chi connectivity index (χ3n) is 4.21. The normalized spacial score (nSPS) is 12.7. The molecular weight excluding hydrogens is 349 g/mol. The van der Waals surface area contributed by atoms with E-state index < -0.39 is 21.9 Å². The summed E-state index contributed by atoms with van der Waals surface area (Å²) in [7, 11) is -3.83. The molecule has 0 spiro atoms. The predicted octanol–water partition coefficient (Wildman–Crippen LogP) is 4.51. The molecule has 3 aromatic carbocycles. The molecule has 3 nitrogen and oxygen atoms in total. The molecule has 1 unspecified atom stereocenters. The Balaban J connectivity index is 2.05. The monoisotopic (exact) mass is 369 g/mol. The molecule has 0 aromatic heterocycles. The maximum atomic E-state index is 13.4. The highest BCUT2D eigenvalue weighted by Crippen LogP contribution is 2.26. The summed E-state index contributed by atoms with van der Waals surface area (Å²) in [6.07, 6.45) is 0. The maximum absolute atomic E-state index is 13.4. The summed E-state index contributed by atoms with van der Waals surface area (Å²) in [5.41, 5.74) is 3.09. The van der Waals surface area contributed by atoms with Crippen LogP contribution in [0.2, 0.25) is 0 Å². The molecule has 0 aliphatic carbocycles. The minimum absolute atomic E-state index is 0.0764. The zero-order valence-electron chi connectivity index (χ0n) is 14.6. The molecule has 1 atom stereocenters. The molecule has 26 heavy (non-hydrogen) atoms. The van der Waals surface area contributed by atoms with Crippen molar-refractivity contribution in [2.75, 3.05) is 0 Å². The highest BCUT2D eigenvalue weighted by atomic mass is 32.2. The number of aryl methyl sites for hydroxylation is 2. The van der Waals surface area contributed by atoms with Crippen molar-refractivity contribution in [1.82, 2.24) is 4.72 Å². The zero-order chi connectivity index (χ0) is 18.7. The summed E-state index contributed by atoms with van der Waals surface area (Å²) in [6.45, 7) is 3.55. The largest absolute Gasteiger partial charge is 0.241 e. The molecule has 0 saturated carbocycles. The molecule has 0 fully saturated rings. The second kappa shape index (κ2) is 7.40. The molecule has 0 bridgehead atoms. The van der Waals surface area contributed by atoms with E-state index in [4.69, 9.17) is 0 Å². The van der Waals surface area contributed by atoms with Gasteiger partial charge in [0.05, 0.1) is 10.9 Å². The Labute approximate surface area is 153 Å². The lowest BCUT2D eigenvalue weighted by Gasteiger charge is -2.21. The van der Waals surface area contributed by atoms with Crippen LogP contribution in [0.15, 0.2) is 77.7 Å². The van der Waals surface area contributed by atoms with Crippen LogP contribution in [-0.4, -0.2) is 8.42 Å². The van der Waals surface area contributed by atoms with Gasteiger partial charge in [-0.25, -0.2) is 12.8 Å². The van der Waals surface area contributed by atoms with E-state index in [9.17, 15) is 12.8 Å². The van der Waals surface area contributed by atoms with Crippen molar-refractivity contribution in [2.45, 2.75) is 24.8 Å². The van der Waals surface area contributed by atoms with Crippen molar-refractivity contribution >= 4 is 10.0 Å². The summed E-state index contributed by atoms with van der Waals surface area (Å²) in [5, 5.41) is 0. The van der Waals surface area contributed by atoms with Gasteiger partial charge in [-0.05, 0) is 48.7 Å². The molecule has 0 saturated heterocycles. The van der Waals surface area contributed by atoms with Gasteiger partial charge >= 0.3 is 0 Å². The first kappa shape index (κ1) is 18.3. The van der Waals surface area contributed by atoms with Gasteiger partial charge in [-0.3, -0.25) is 0 Å². The predicted molar refractivity (Wildman–Crippen MR) is 101 cm³/mol. The molecular formula is C21H20FNO2S. The van der Waals surface area contributed by atoms with Gasteiger partial charge in [0.2, 0.25) is 10.0 Å². The fraction of sp³-hybridized carbons (Fsp3) is 0.143. The SMILES string of the molecule is Cc1cccc(C(NS(=O)(=O)c2ccc(F)cc2C)c2ccccc2)c1. The van der Waals surface area contributed by atoms with Crippen LogP contribution in [0.4, 0.5) is 4.39 Å². The van der Waals surface area contributed by atoms with Crippen LogP contribution in [0.3, 0.4) is 0 Å². The smallest absolute Gasteiger partial charge is 0.207 e. The lowest BCUT2D eigenvalue weighted by atomic mass is 9.98. The number of hydrogen-bond acceptors (Lipinski definition) is 2. The molecule has 1 N–H and O–H groups in total. The van der Waals surface area contributed by atoms with E-state index in [2.05, 4.69) is 4.72 Å². The number of hydrogen-bond donors (Lipinski definition) is 1. The Morgan fingerprint density at radius 1 is 0.846 bits per heavy atom. The van der Waals surface area contributed by atoms with E-state index >= 15 is 0 Å². The first-order valence-corrected chi connectivity index (χ1v) is 9.75. The van der Waals surface area contributed by atoms with Crippen molar-refractivity contribution < 1.29 is 12.8 Å². The fourth-order valence-electron chi connectivity index (χ4n) is 2.96. The van der Waals surface area contributed by atoms with Gasteiger partial charge in [-0.2, -0.15) is 4.72 Å². The molecule has 134 valence electrons. The zero-order valence-corrected chi connectivity index (χ0v) is 15.4. The van der Waals surface area contributed by atoms with E-state index in [1.165, 1.54) is 12.1 Å². The molecule has 3 aromatic rings. The fourth-order valence-corrected chi connectivity index (χ4v) is 4.40. The number of benzene rings is 3. The minimum Gasteiger partial charge on any atom is -0.207 e. The Hall–Kier alpha value is -2.50. The number of nitrogens with one attached hydrogen (secondary N) is 1. The Kier molecular flexibility index (Phi) is 5.20. The topological polar surface area (TPSA) is 46.2 Å². The average Bonchev–Trinajstić information content (AvgIpc) is 2.60. The van der Waals surface area contributed by atoms with Crippen LogP contribution in [-0.2, 0) is 10.0 Å². The van der Waals surface area contributed by atoms with Crippen LogP contribution >= 0.6 is 0 Å². The molecule has 5 heteroatoms. The highest BCUT2D eigenvalue weighted by molar-refractivity contribution is 7.89. The molecule has 0 aliphatic heterocycles. The van der Waals surface area contributed by atoms with Gasteiger partial charge in [0.15, 0.2) is 0 Å². The standard InChI is InChI=1S/C21H20FNO2S/c1-15-7-6-10-18(13-15)21(17-8-4-3-5-9-17)23-26(24,25)20-12-11-19(22)14-16(20)2/h3-14,21,23H,1-2H3. The lowest BCUT2D eigenvalue weighted by molar-refractivity contribution is 0.570. The third kappa shape index (κ3) is 4.00. The van der Waals surface area contributed by atoms with Crippen molar-refractivity contribution in [3.63, 3.8) is 0 Å². The Morgan fingerprint density at radius 3 is 2.19 bits per heavy atom. The highest BCUT2D eigenvalue weighted by Gasteiger charge is 2.24. The van der Waals surface area contributed by atoms with Gasteiger partial charge in [0, 0.05) is 0 Å². The van der Waals surface area contributed by atoms with E-state index in [1.807, 2.05) is 61.5 Å². The van der Waals surface area contributed by atoms with Crippen molar-refractivity contribution in [1.29, 1.82) is 0 Å². The van der Waals surface area contributed by atoms with E-state index in [1.54, 1.807) is 6.92 Å². The summed E-state index contributed by atoms with van der Waals surface area (Å²) < 4.78 is 42.1. The number of sulfonamides is 1. The van der Waals surface area contributed by atoms with Crippen molar-refractivity contribution in [3.8, 4) is 0 Å². The Bertz CT molecular complexity index is 1020. The van der Waals surface area contributed by atoms with Gasteiger partial charge in [-0.15, -0.1) is 0 Å². The minimum atomic E-state index is -3.83. The van der Waals surface area contributed by atoms with Crippen LogP contribution in [0.5, 0.6) is 0 Å². The molecule has 0 aliphatic rings. The summed E-state index contributed by atoms with van der Waals surface area (Å²) >= 11 is 0. The Morgan fingerprint density at radius 2 is 1.54 bits per heavy atom. The number of halogens is 1. The second-order valence-corrected chi connectivity index (χ2v) is 7.97. The van der Waals surface area contributed by atoms with Gasteiger partial charge in [0.1, 0.15) is 5.82 Å². The molecule has 3 rings (SSSR count). The van der Waals surface area contributed by atoms with Crippen LogP contribution in [0.25, 0.3) is 0 Å². The van der Waals surface area contributed by atoms with E-state index in [0.29, 0.717) is 5.56 Å². The summed E-state index contributed by atoms with van der Waals surface area (Å²) in [6, 6.07) is 20.2. The first-order chi connectivity index (χ1) is 12.4. The first-order valence-electron chi connectivity index (χ1n) is 8.27. The van der Waals surface area contributed by atoms with Crippen LogP contribution < -0.4 is 4.72 Å². The molecule has 0 radical (unpaired) electrons. The molecule has 0 heterocycles.